The summed E-state index contributed by atoms with van der Waals surface area (Å²) in [7, 11) is 0. The number of aromatic nitrogens is 2. The molecular weight excluding hydrogens is 262 g/mol. The van der Waals surface area contributed by atoms with E-state index >= 15 is 0 Å². The van der Waals surface area contributed by atoms with E-state index in [1.807, 2.05) is 6.07 Å². The van der Waals surface area contributed by atoms with E-state index in [2.05, 4.69) is 67.5 Å². The maximum Gasteiger partial charge on any atom is 0.225 e. The van der Waals surface area contributed by atoms with E-state index in [1.165, 1.54) is 11.1 Å². The summed E-state index contributed by atoms with van der Waals surface area (Å²) in [6.07, 6.45) is 1.20. The molecule has 0 fully saturated rings. The normalized spacial score (nSPS) is 11.4. The van der Waals surface area contributed by atoms with Gasteiger partial charge in [0.2, 0.25) is 5.91 Å². The zero-order valence-electron chi connectivity index (χ0n) is 13.2. The molecule has 2 N–H and O–H groups in total. The second-order valence-corrected chi connectivity index (χ2v) is 6.45. The smallest absolute Gasteiger partial charge is 0.225 e. The molecule has 0 aliphatic heterocycles. The van der Waals surface area contributed by atoms with Crippen LogP contribution in [0.15, 0.2) is 30.3 Å². The lowest BCUT2D eigenvalue weighted by molar-refractivity contribution is -0.116. The summed E-state index contributed by atoms with van der Waals surface area (Å²) in [6, 6.07) is 10.2. The molecule has 1 heterocycles. The lowest BCUT2D eigenvalue weighted by Gasteiger charge is -2.14. The summed E-state index contributed by atoms with van der Waals surface area (Å²) in [4.78, 5) is 11.9. The Balaban J connectivity index is 1.87. The van der Waals surface area contributed by atoms with Crippen molar-refractivity contribution in [3.63, 3.8) is 0 Å². The molecule has 0 spiro atoms. The number of rotatable bonds is 4. The summed E-state index contributed by atoms with van der Waals surface area (Å²) in [5.41, 5.74) is 3.41. The van der Waals surface area contributed by atoms with Crippen molar-refractivity contribution >= 4 is 11.7 Å². The average Bonchev–Trinajstić information content (AvgIpc) is 2.86. The highest BCUT2D eigenvalue weighted by Gasteiger charge is 2.17. The second-order valence-electron chi connectivity index (χ2n) is 6.45. The van der Waals surface area contributed by atoms with Crippen molar-refractivity contribution in [3.8, 4) is 0 Å². The minimum absolute atomic E-state index is 0.00211. The van der Waals surface area contributed by atoms with E-state index in [4.69, 9.17) is 0 Å². The molecule has 0 unspecified atom stereocenters. The molecule has 1 amide bonds. The Labute approximate surface area is 126 Å². The van der Waals surface area contributed by atoms with Crippen LogP contribution in [0.3, 0.4) is 0 Å². The maximum atomic E-state index is 11.9. The predicted octanol–water partition coefficient (Wildman–Crippen LogP) is 3.59. The third-order valence-corrected chi connectivity index (χ3v) is 3.41. The summed E-state index contributed by atoms with van der Waals surface area (Å²) in [5.74, 6) is 0.580. The Bertz CT molecular complexity index is 606. The van der Waals surface area contributed by atoms with Crippen molar-refractivity contribution < 1.29 is 4.79 Å². The number of H-pyrrole nitrogens is 1. The molecule has 0 bridgehead atoms. The van der Waals surface area contributed by atoms with Gasteiger partial charge in [0.05, 0.1) is 0 Å². The highest BCUT2D eigenvalue weighted by Crippen LogP contribution is 2.21. The number of nitrogens with one attached hydrogen (secondary N) is 2. The molecule has 1 aromatic carbocycles. The van der Waals surface area contributed by atoms with Gasteiger partial charge in [0.1, 0.15) is 0 Å². The highest BCUT2D eigenvalue weighted by atomic mass is 16.1. The predicted molar refractivity (Wildman–Crippen MR) is 85.4 cm³/mol. The average molecular weight is 285 g/mol. The SMILES string of the molecule is Cc1ccc(CCC(=O)Nc2cc(C(C)(C)C)[nH]n2)cc1. The molecule has 2 aromatic rings. The fourth-order valence-corrected chi connectivity index (χ4v) is 1.99. The largest absolute Gasteiger partial charge is 0.309 e. The van der Waals surface area contributed by atoms with Gasteiger partial charge in [-0.25, -0.2) is 0 Å². The Morgan fingerprint density at radius 3 is 2.48 bits per heavy atom. The van der Waals surface area contributed by atoms with Crippen molar-refractivity contribution in [3.05, 3.63) is 47.2 Å². The number of aromatic amines is 1. The van der Waals surface area contributed by atoms with Crippen molar-refractivity contribution in [1.29, 1.82) is 0 Å². The van der Waals surface area contributed by atoms with Crippen LogP contribution in [-0.2, 0) is 16.6 Å². The molecule has 2 rings (SSSR count). The zero-order valence-corrected chi connectivity index (χ0v) is 13.2. The van der Waals surface area contributed by atoms with Gasteiger partial charge < -0.3 is 5.32 Å². The minimum Gasteiger partial charge on any atom is -0.309 e. The van der Waals surface area contributed by atoms with Gasteiger partial charge in [-0.1, -0.05) is 50.6 Å². The monoisotopic (exact) mass is 285 g/mol. The van der Waals surface area contributed by atoms with E-state index in [0.717, 1.165) is 12.1 Å². The minimum atomic E-state index is -0.0115. The molecule has 21 heavy (non-hydrogen) atoms. The van der Waals surface area contributed by atoms with Crippen LogP contribution in [0, 0.1) is 6.92 Å². The quantitative estimate of drug-likeness (QED) is 0.902. The molecule has 0 atom stereocenters. The number of amides is 1. The Kier molecular flexibility index (Phi) is 4.46. The van der Waals surface area contributed by atoms with Gasteiger partial charge in [-0.05, 0) is 18.9 Å². The maximum absolute atomic E-state index is 11.9. The number of hydrogen-bond acceptors (Lipinski definition) is 2. The Morgan fingerprint density at radius 1 is 1.24 bits per heavy atom. The first kappa shape index (κ1) is 15.3. The Morgan fingerprint density at radius 2 is 1.90 bits per heavy atom. The van der Waals surface area contributed by atoms with E-state index < -0.39 is 0 Å². The summed E-state index contributed by atoms with van der Waals surface area (Å²) in [6.45, 7) is 8.36. The molecule has 112 valence electrons. The molecule has 0 saturated heterocycles. The van der Waals surface area contributed by atoms with Crippen molar-refractivity contribution in [2.24, 2.45) is 0 Å². The van der Waals surface area contributed by atoms with Crippen LogP contribution in [0.25, 0.3) is 0 Å². The third-order valence-electron chi connectivity index (χ3n) is 3.41. The number of carbonyl (C=O) groups is 1. The number of aryl methyl sites for hydroxylation is 2. The van der Waals surface area contributed by atoms with Crippen molar-refractivity contribution in [2.75, 3.05) is 5.32 Å². The lowest BCUT2D eigenvalue weighted by Crippen LogP contribution is -2.13. The number of anilines is 1. The topological polar surface area (TPSA) is 57.8 Å². The molecule has 4 heteroatoms. The zero-order chi connectivity index (χ0) is 15.5. The first-order valence-corrected chi connectivity index (χ1v) is 7.26. The third kappa shape index (κ3) is 4.45. The van der Waals surface area contributed by atoms with Gasteiger partial charge in [0.15, 0.2) is 5.82 Å². The van der Waals surface area contributed by atoms with Crippen LogP contribution in [0.1, 0.15) is 44.0 Å². The number of carbonyl (C=O) groups excluding carboxylic acids is 1. The fraction of sp³-hybridized carbons (Fsp3) is 0.412. The van der Waals surface area contributed by atoms with Gasteiger partial charge in [-0.3, -0.25) is 9.89 Å². The van der Waals surface area contributed by atoms with E-state index in [0.29, 0.717) is 12.2 Å². The summed E-state index contributed by atoms with van der Waals surface area (Å²) >= 11 is 0. The van der Waals surface area contributed by atoms with Crippen LogP contribution in [0.2, 0.25) is 0 Å². The molecular formula is C17H23N3O. The van der Waals surface area contributed by atoms with Crippen LogP contribution < -0.4 is 5.32 Å². The van der Waals surface area contributed by atoms with Crippen LogP contribution in [0.4, 0.5) is 5.82 Å². The molecule has 0 radical (unpaired) electrons. The summed E-state index contributed by atoms with van der Waals surface area (Å²) in [5, 5.41) is 9.93. The van der Waals surface area contributed by atoms with Crippen molar-refractivity contribution in [1.82, 2.24) is 10.2 Å². The number of nitrogens with zero attached hydrogens (tertiary/aromatic N) is 1. The van der Waals surface area contributed by atoms with Gasteiger partial charge in [0.25, 0.3) is 0 Å². The van der Waals surface area contributed by atoms with Crippen LogP contribution >= 0.6 is 0 Å². The van der Waals surface area contributed by atoms with E-state index in [-0.39, 0.29) is 11.3 Å². The van der Waals surface area contributed by atoms with E-state index in [1.54, 1.807) is 0 Å². The summed E-state index contributed by atoms with van der Waals surface area (Å²) < 4.78 is 0. The van der Waals surface area contributed by atoms with Crippen molar-refractivity contribution in [2.45, 2.75) is 46.0 Å². The standard InChI is InChI=1S/C17H23N3O/c1-12-5-7-13(8-6-12)9-10-16(21)18-15-11-14(19-20-15)17(2,3)4/h5-8,11H,9-10H2,1-4H3,(H2,18,19,20,21). The molecule has 1 aromatic heterocycles. The molecule has 0 aliphatic carbocycles. The lowest BCUT2D eigenvalue weighted by atomic mass is 9.92. The first-order chi connectivity index (χ1) is 9.84. The van der Waals surface area contributed by atoms with Crippen LogP contribution in [0.5, 0.6) is 0 Å². The molecule has 0 aliphatic rings. The Hall–Kier alpha value is -2.10. The first-order valence-electron chi connectivity index (χ1n) is 7.26. The number of hydrogen-bond donors (Lipinski definition) is 2. The van der Waals surface area contributed by atoms with Crippen LogP contribution in [-0.4, -0.2) is 16.1 Å². The second kappa shape index (κ2) is 6.12. The van der Waals surface area contributed by atoms with Gasteiger partial charge in [0, 0.05) is 23.6 Å². The van der Waals surface area contributed by atoms with Gasteiger partial charge in [-0.15, -0.1) is 0 Å². The van der Waals surface area contributed by atoms with Gasteiger partial charge in [-0.2, -0.15) is 5.10 Å². The van der Waals surface area contributed by atoms with E-state index in [9.17, 15) is 4.79 Å². The van der Waals surface area contributed by atoms with Gasteiger partial charge >= 0.3 is 0 Å². The highest BCUT2D eigenvalue weighted by molar-refractivity contribution is 5.89. The molecule has 4 nitrogen and oxygen atoms in total. The number of benzene rings is 1. The molecule has 0 saturated carbocycles. The fourth-order valence-electron chi connectivity index (χ4n) is 1.99.